The highest BCUT2D eigenvalue weighted by molar-refractivity contribution is 5.37. The first-order valence-corrected chi connectivity index (χ1v) is 8.27. The molecule has 1 aromatic heterocycles. The normalized spacial score (nSPS) is 11.2. The van der Waals surface area contributed by atoms with E-state index in [0.717, 1.165) is 18.3 Å². The van der Waals surface area contributed by atoms with Crippen LogP contribution in [0.3, 0.4) is 0 Å². The second-order valence-electron chi connectivity index (χ2n) is 5.77. The first-order valence-electron chi connectivity index (χ1n) is 8.27. The number of nitrogens with zero attached hydrogens (tertiary/aromatic N) is 2. The molecule has 0 fully saturated rings. The summed E-state index contributed by atoms with van der Waals surface area (Å²) < 4.78 is 73.1. The molecule has 3 aromatic rings. The van der Waals surface area contributed by atoms with Gasteiger partial charge in [0.15, 0.2) is 11.6 Å². The average molecular weight is 411 g/mol. The summed E-state index contributed by atoms with van der Waals surface area (Å²) in [5.74, 6) is -1.72. The zero-order valence-electron chi connectivity index (χ0n) is 14.7. The van der Waals surface area contributed by atoms with Gasteiger partial charge in [-0.05, 0) is 23.8 Å². The van der Waals surface area contributed by atoms with Gasteiger partial charge in [0, 0.05) is 12.1 Å². The van der Waals surface area contributed by atoms with E-state index in [1.807, 2.05) is 0 Å². The number of alkyl halides is 3. The second kappa shape index (κ2) is 8.72. The van der Waals surface area contributed by atoms with E-state index in [1.165, 1.54) is 24.3 Å². The van der Waals surface area contributed by atoms with Gasteiger partial charge in [0.1, 0.15) is 18.2 Å². The summed E-state index contributed by atoms with van der Waals surface area (Å²) in [6.07, 6.45) is -3.88. The van der Waals surface area contributed by atoms with Crippen LogP contribution < -0.4 is 14.8 Å². The van der Waals surface area contributed by atoms with Crippen molar-refractivity contribution in [3.05, 3.63) is 77.5 Å². The molecule has 0 aliphatic carbocycles. The molecular weight excluding hydrogens is 397 g/mol. The molecule has 0 saturated heterocycles. The minimum atomic E-state index is -4.77. The number of nitrogens with one attached hydrogen (secondary N) is 1. The van der Waals surface area contributed by atoms with Crippen molar-refractivity contribution in [2.75, 3.05) is 5.32 Å². The van der Waals surface area contributed by atoms with Crippen LogP contribution in [-0.2, 0) is 13.2 Å². The van der Waals surface area contributed by atoms with Gasteiger partial charge in [-0.15, -0.1) is 13.2 Å². The number of hydrogen-bond donors (Lipinski definition) is 1. The quantitative estimate of drug-likeness (QED) is 0.564. The average Bonchev–Trinajstić information content (AvgIpc) is 2.67. The van der Waals surface area contributed by atoms with Crippen LogP contribution in [0.5, 0.6) is 11.8 Å². The molecule has 152 valence electrons. The van der Waals surface area contributed by atoms with E-state index in [2.05, 4.69) is 20.0 Å². The summed E-state index contributed by atoms with van der Waals surface area (Å²) in [5.41, 5.74) is 0.850. The Morgan fingerprint density at radius 2 is 1.66 bits per heavy atom. The lowest BCUT2D eigenvalue weighted by molar-refractivity contribution is -0.274. The highest BCUT2D eigenvalue weighted by Crippen LogP contribution is 2.23. The molecule has 0 saturated carbocycles. The van der Waals surface area contributed by atoms with Gasteiger partial charge in [0.25, 0.3) is 0 Å². The molecule has 0 atom stereocenters. The summed E-state index contributed by atoms with van der Waals surface area (Å²) in [4.78, 5) is 7.58. The highest BCUT2D eigenvalue weighted by atomic mass is 19.4. The summed E-state index contributed by atoms with van der Waals surface area (Å²) in [7, 11) is 0. The van der Waals surface area contributed by atoms with Crippen LogP contribution in [0.4, 0.5) is 27.8 Å². The van der Waals surface area contributed by atoms with Crippen LogP contribution in [0, 0.1) is 11.6 Å². The molecule has 29 heavy (non-hydrogen) atoms. The van der Waals surface area contributed by atoms with Gasteiger partial charge in [-0.25, -0.2) is 13.8 Å². The number of halogens is 5. The molecule has 0 unspecified atom stereocenters. The Bertz CT molecular complexity index is 965. The van der Waals surface area contributed by atoms with Crippen molar-refractivity contribution < 1.29 is 31.4 Å². The zero-order chi connectivity index (χ0) is 20.9. The fourth-order valence-corrected chi connectivity index (χ4v) is 2.30. The van der Waals surface area contributed by atoms with Crippen molar-refractivity contribution in [1.29, 1.82) is 0 Å². The number of benzene rings is 2. The summed E-state index contributed by atoms with van der Waals surface area (Å²) in [6, 6.07) is 10.9. The lowest BCUT2D eigenvalue weighted by atomic mass is 10.2. The summed E-state index contributed by atoms with van der Waals surface area (Å²) in [6.45, 7) is -0.0641. The summed E-state index contributed by atoms with van der Waals surface area (Å²) in [5, 5.41) is 2.67. The van der Waals surface area contributed by atoms with Gasteiger partial charge >= 0.3 is 12.4 Å². The topological polar surface area (TPSA) is 56.3 Å². The van der Waals surface area contributed by atoms with Gasteiger partial charge in [0.2, 0.25) is 0 Å². The Balaban J connectivity index is 1.60. The standard InChI is InChI=1S/C19H14F5N3O2/c20-15-4-2-1-3-13(15)9-25-17-16(21)10-26-18(27-17)28-11-12-5-7-14(8-6-12)29-19(22,23)24/h1-8,10H,9,11H2,(H,25,26,27). The van der Waals surface area contributed by atoms with E-state index in [4.69, 9.17) is 4.74 Å². The Hall–Kier alpha value is -3.43. The van der Waals surface area contributed by atoms with Crippen molar-refractivity contribution in [3.63, 3.8) is 0 Å². The van der Waals surface area contributed by atoms with Crippen molar-refractivity contribution in [2.45, 2.75) is 19.5 Å². The van der Waals surface area contributed by atoms with Crippen LogP contribution in [0.2, 0.25) is 0 Å². The molecule has 10 heteroatoms. The fourth-order valence-electron chi connectivity index (χ4n) is 2.30. The molecule has 0 aliphatic rings. The largest absolute Gasteiger partial charge is 0.573 e. The maximum Gasteiger partial charge on any atom is 0.573 e. The molecule has 5 nitrogen and oxygen atoms in total. The lowest BCUT2D eigenvalue weighted by Crippen LogP contribution is -2.17. The molecule has 1 heterocycles. The zero-order valence-corrected chi connectivity index (χ0v) is 14.7. The Labute approximate surface area is 162 Å². The van der Waals surface area contributed by atoms with Crippen molar-refractivity contribution in [3.8, 4) is 11.8 Å². The SMILES string of the molecule is Fc1ccccc1CNc1nc(OCc2ccc(OC(F)(F)F)cc2)ncc1F. The van der Waals surface area contributed by atoms with Gasteiger partial charge in [0.05, 0.1) is 6.20 Å². The van der Waals surface area contributed by atoms with Crippen molar-refractivity contribution in [2.24, 2.45) is 0 Å². The Morgan fingerprint density at radius 1 is 0.931 bits per heavy atom. The van der Waals surface area contributed by atoms with E-state index in [0.29, 0.717) is 11.1 Å². The number of anilines is 1. The maximum atomic E-state index is 13.9. The van der Waals surface area contributed by atoms with Crippen molar-refractivity contribution >= 4 is 5.82 Å². The third kappa shape index (κ3) is 6.03. The third-order valence-corrected chi connectivity index (χ3v) is 3.65. The van der Waals surface area contributed by atoms with Gasteiger partial charge in [-0.1, -0.05) is 30.3 Å². The Morgan fingerprint density at radius 3 is 2.34 bits per heavy atom. The molecule has 0 bridgehead atoms. The number of hydrogen-bond acceptors (Lipinski definition) is 5. The fraction of sp³-hybridized carbons (Fsp3) is 0.158. The maximum absolute atomic E-state index is 13.9. The molecule has 2 aromatic carbocycles. The Kier molecular flexibility index (Phi) is 6.10. The molecule has 0 amide bonds. The number of rotatable bonds is 7. The van der Waals surface area contributed by atoms with E-state index in [-0.39, 0.29) is 30.7 Å². The minimum Gasteiger partial charge on any atom is -0.459 e. The van der Waals surface area contributed by atoms with Crippen molar-refractivity contribution in [1.82, 2.24) is 9.97 Å². The van der Waals surface area contributed by atoms with Crippen LogP contribution in [0.15, 0.2) is 54.7 Å². The van der Waals surface area contributed by atoms with Gasteiger partial charge < -0.3 is 14.8 Å². The molecule has 0 radical (unpaired) electrons. The predicted octanol–water partition coefficient (Wildman–Crippen LogP) is 4.84. The monoisotopic (exact) mass is 411 g/mol. The smallest absolute Gasteiger partial charge is 0.459 e. The predicted molar refractivity (Wildman–Crippen MR) is 93.2 cm³/mol. The summed E-state index contributed by atoms with van der Waals surface area (Å²) >= 11 is 0. The van der Waals surface area contributed by atoms with E-state index in [1.54, 1.807) is 12.1 Å². The highest BCUT2D eigenvalue weighted by Gasteiger charge is 2.30. The first kappa shape index (κ1) is 20.3. The van der Waals surface area contributed by atoms with E-state index < -0.39 is 18.0 Å². The molecule has 1 N–H and O–H groups in total. The molecule has 0 spiro atoms. The number of aromatic nitrogens is 2. The third-order valence-electron chi connectivity index (χ3n) is 3.65. The van der Waals surface area contributed by atoms with Gasteiger partial charge in [-0.2, -0.15) is 4.98 Å². The van der Waals surface area contributed by atoms with Gasteiger partial charge in [-0.3, -0.25) is 0 Å². The molecule has 3 rings (SSSR count). The lowest BCUT2D eigenvalue weighted by Gasteiger charge is -2.11. The first-order chi connectivity index (χ1) is 13.8. The van der Waals surface area contributed by atoms with Crippen LogP contribution in [0.25, 0.3) is 0 Å². The van der Waals surface area contributed by atoms with Crippen LogP contribution in [-0.4, -0.2) is 16.3 Å². The van der Waals surface area contributed by atoms with E-state index >= 15 is 0 Å². The molecular formula is C19H14F5N3O2. The number of ether oxygens (including phenoxy) is 2. The van der Waals surface area contributed by atoms with Crippen LogP contribution in [0.1, 0.15) is 11.1 Å². The second-order valence-corrected chi connectivity index (χ2v) is 5.77. The molecule has 0 aliphatic heterocycles. The van der Waals surface area contributed by atoms with Crippen LogP contribution >= 0.6 is 0 Å². The minimum absolute atomic E-state index is 0.000709. The van der Waals surface area contributed by atoms with E-state index in [9.17, 15) is 22.0 Å².